The summed E-state index contributed by atoms with van der Waals surface area (Å²) >= 11 is 0. The van der Waals surface area contributed by atoms with E-state index in [2.05, 4.69) is 35.7 Å². The van der Waals surface area contributed by atoms with Crippen LogP contribution in [0.1, 0.15) is 16.1 Å². The van der Waals surface area contributed by atoms with Crippen molar-refractivity contribution in [3.8, 4) is 6.01 Å². The van der Waals surface area contributed by atoms with Crippen molar-refractivity contribution in [2.24, 2.45) is 14.1 Å². The molecule has 12 heteroatoms. The zero-order chi connectivity index (χ0) is 26.2. The van der Waals surface area contributed by atoms with E-state index in [0.29, 0.717) is 22.2 Å². The van der Waals surface area contributed by atoms with E-state index in [1.165, 1.54) is 10.7 Å². The van der Waals surface area contributed by atoms with Crippen LogP contribution in [0.15, 0.2) is 48.9 Å². The number of halogens is 1. The lowest BCUT2D eigenvalue weighted by Crippen LogP contribution is -2.43. The Labute approximate surface area is 217 Å². The molecule has 2 N–H and O–H groups in total. The van der Waals surface area contributed by atoms with Gasteiger partial charge in [0.1, 0.15) is 12.1 Å². The van der Waals surface area contributed by atoms with E-state index in [1.807, 2.05) is 19.2 Å². The lowest BCUT2D eigenvalue weighted by molar-refractivity contribution is 0.102. The van der Waals surface area contributed by atoms with Crippen LogP contribution in [0.3, 0.4) is 0 Å². The normalized spacial score (nSPS) is 13.8. The third kappa shape index (κ3) is 4.50. The highest BCUT2D eigenvalue weighted by molar-refractivity contribution is 6.14. The van der Waals surface area contributed by atoms with E-state index in [4.69, 9.17) is 4.74 Å². The minimum absolute atomic E-state index is 0.146. The number of carbonyl (C=O) groups is 1. The number of nitrogens with one attached hydrogen (secondary N) is 2. The maximum absolute atomic E-state index is 14.6. The summed E-state index contributed by atoms with van der Waals surface area (Å²) in [5.41, 5.74) is 3.16. The monoisotopic (exact) mass is 515 g/mol. The molecule has 0 bridgehead atoms. The molecular weight excluding hydrogens is 489 g/mol. The quantitative estimate of drug-likeness (QED) is 0.355. The molecule has 4 heterocycles. The van der Waals surface area contributed by atoms with Crippen molar-refractivity contribution in [1.29, 1.82) is 0 Å². The molecule has 6 rings (SSSR count). The number of carbonyl (C=O) groups excluding carboxylic acids is 1. The van der Waals surface area contributed by atoms with E-state index in [-0.39, 0.29) is 18.1 Å². The fourth-order valence-corrected chi connectivity index (χ4v) is 4.69. The number of amides is 1. The van der Waals surface area contributed by atoms with E-state index in [9.17, 15) is 9.18 Å². The number of nitrogens with zero attached hydrogens (tertiary/aromatic N) is 7. The van der Waals surface area contributed by atoms with E-state index in [0.717, 1.165) is 42.9 Å². The van der Waals surface area contributed by atoms with Crippen molar-refractivity contribution in [2.75, 3.05) is 36.4 Å². The zero-order valence-corrected chi connectivity index (χ0v) is 21.0. The third-order valence-corrected chi connectivity index (χ3v) is 6.61. The van der Waals surface area contributed by atoms with E-state index >= 15 is 0 Å². The largest absolute Gasteiger partial charge is 0.457 e. The molecule has 0 atom stereocenters. The Morgan fingerprint density at radius 2 is 2.00 bits per heavy atom. The van der Waals surface area contributed by atoms with Gasteiger partial charge in [0.15, 0.2) is 5.82 Å². The highest BCUT2D eigenvalue weighted by Gasteiger charge is 2.21. The first-order chi connectivity index (χ1) is 18.5. The van der Waals surface area contributed by atoms with Gasteiger partial charge in [-0.2, -0.15) is 15.2 Å². The number of fused-ring (bicyclic) bond motifs is 2. The first-order valence-electron chi connectivity index (χ1n) is 12.3. The first kappa shape index (κ1) is 23.8. The van der Waals surface area contributed by atoms with Gasteiger partial charge in [0, 0.05) is 81.0 Å². The van der Waals surface area contributed by atoms with Crippen LogP contribution in [0.5, 0.6) is 6.01 Å². The Morgan fingerprint density at radius 3 is 2.79 bits per heavy atom. The maximum atomic E-state index is 14.6. The highest BCUT2D eigenvalue weighted by Crippen LogP contribution is 2.31. The molecule has 1 amide bonds. The Bertz CT molecular complexity index is 1660. The van der Waals surface area contributed by atoms with Crippen LogP contribution in [-0.2, 0) is 20.7 Å². The van der Waals surface area contributed by atoms with Gasteiger partial charge in [0.25, 0.3) is 5.91 Å². The molecule has 3 aromatic heterocycles. The second-order valence-corrected chi connectivity index (χ2v) is 9.17. The third-order valence-electron chi connectivity index (χ3n) is 6.61. The van der Waals surface area contributed by atoms with Crippen molar-refractivity contribution in [1.82, 2.24) is 34.8 Å². The molecule has 0 spiro atoms. The summed E-state index contributed by atoms with van der Waals surface area (Å²) < 4.78 is 23.7. The Hall–Kier alpha value is -4.58. The second-order valence-electron chi connectivity index (χ2n) is 9.17. The molecule has 1 fully saturated rings. The number of anilines is 2. The van der Waals surface area contributed by atoms with Crippen LogP contribution in [0.25, 0.3) is 21.8 Å². The number of ether oxygens (including phenoxy) is 1. The first-order valence-corrected chi connectivity index (χ1v) is 12.3. The van der Waals surface area contributed by atoms with Gasteiger partial charge < -0.3 is 20.3 Å². The standard InChI is InChI=1S/C26H26FN9O2/c1-34-14-16-11-17(12-21(27)23(16)33-34)31-25(37)19-3-4-22(36-9-7-28-8-10-36)20-13-29-26(32-24(19)20)38-15-18-5-6-30-35(18)2/h3-6,11-14,28H,7-10,15H2,1-2H3,(H,31,37). The van der Waals surface area contributed by atoms with Crippen LogP contribution in [0, 0.1) is 5.82 Å². The predicted molar refractivity (Wildman–Crippen MR) is 141 cm³/mol. The van der Waals surface area contributed by atoms with Gasteiger partial charge >= 0.3 is 6.01 Å². The molecule has 0 radical (unpaired) electrons. The molecule has 0 unspecified atom stereocenters. The number of aryl methyl sites for hydroxylation is 2. The number of aromatic nitrogens is 6. The molecule has 0 aliphatic carbocycles. The molecular formula is C26H26FN9O2. The molecule has 1 aliphatic heterocycles. The van der Waals surface area contributed by atoms with Crippen LogP contribution < -0.4 is 20.3 Å². The highest BCUT2D eigenvalue weighted by atomic mass is 19.1. The lowest BCUT2D eigenvalue weighted by Gasteiger charge is -2.30. The average Bonchev–Trinajstić information content (AvgIpc) is 3.51. The molecule has 5 aromatic rings. The van der Waals surface area contributed by atoms with Crippen molar-refractivity contribution in [3.63, 3.8) is 0 Å². The van der Waals surface area contributed by atoms with E-state index < -0.39 is 11.7 Å². The van der Waals surface area contributed by atoms with Crippen molar-refractivity contribution in [3.05, 3.63) is 66.0 Å². The fourth-order valence-electron chi connectivity index (χ4n) is 4.69. The molecule has 1 saturated heterocycles. The Balaban J connectivity index is 1.37. The smallest absolute Gasteiger partial charge is 0.317 e. The number of hydrogen-bond acceptors (Lipinski definition) is 8. The topological polar surface area (TPSA) is 115 Å². The van der Waals surface area contributed by atoms with Gasteiger partial charge in [-0.25, -0.2) is 9.37 Å². The molecule has 194 valence electrons. The minimum Gasteiger partial charge on any atom is -0.457 e. The van der Waals surface area contributed by atoms with Gasteiger partial charge in [0.05, 0.1) is 16.8 Å². The lowest BCUT2D eigenvalue weighted by atomic mass is 10.1. The number of rotatable bonds is 6. The summed E-state index contributed by atoms with van der Waals surface area (Å²) in [6, 6.07) is 8.60. The van der Waals surface area contributed by atoms with Gasteiger partial charge in [0.2, 0.25) is 0 Å². The number of hydrogen-bond donors (Lipinski definition) is 2. The van der Waals surface area contributed by atoms with Gasteiger partial charge in [-0.05, 0) is 30.3 Å². The van der Waals surface area contributed by atoms with E-state index in [1.54, 1.807) is 42.5 Å². The summed E-state index contributed by atoms with van der Waals surface area (Å²) in [7, 11) is 3.55. The zero-order valence-electron chi connectivity index (χ0n) is 21.0. The SMILES string of the molecule is Cn1cc2cc(NC(=O)c3ccc(N4CCNCC4)c4cnc(OCc5ccnn5C)nc34)cc(F)c2n1. The predicted octanol–water partition coefficient (Wildman–Crippen LogP) is 2.63. The van der Waals surface area contributed by atoms with Crippen molar-refractivity contribution < 1.29 is 13.9 Å². The fraction of sp³-hybridized carbons (Fsp3) is 0.269. The summed E-state index contributed by atoms with van der Waals surface area (Å²) in [5.74, 6) is -0.925. The minimum atomic E-state index is -0.509. The van der Waals surface area contributed by atoms with Crippen LogP contribution >= 0.6 is 0 Å². The van der Waals surface area contributed by atoms with Crippen LogP contribution in [0.4, 0.5) is 15.8 Å². The average molecular weight is 516 g/mol. The molecule has 38 heavy (non-hydrogen) atoms. The molecule has 0 saturated carbocycles. The summed E-state index contributed by atoms with van der Waals surface area (Å²) in [6.45, 7) is 3.59. The Morgan fingerprint density at radius 1 is 1.16 bits per heavy atom. The summed E-state index contributed by atoms with van der Waals surface area (Å²) in [4.78, 5) is 24.8. The maximum Gasteiger partial charge on any atom is 0.317 e. The molecule has 11 nitrogen and oxygen atoms in total. The van der Waals surface area contributed by atoms with Gasteiger partial charge in [-0.3, -0.25) is 14.2 Å². The Kier molecular flexibility index (Phi) is 6.08. The second kappa shape index (κ2) is 9.71. The summed E-state index contributed by atoms with van der Waals surface area (Å²) in [6.07, 6.45) is 5.08. The van der Waals surface area contributed by atoms with Crippen LogP contribution in [-0.4, -0.2) is 61.6 Å². The number of piperazine rings is 1. The number of benzene rings is 2. The van der Waals surface area contributed by atoms with Crippen molar-refractivity contribution in [2.45, 2.75) is 6.61 Å². The molecule has 2 aromatic carbocycles. The van der Waals surface area contributed by atoms with Crippen LogP contribution in [0.2, 0.25) is 0 Å². The van der Waals surface area contributed by atoms with Gasteiger partial charge in [-0.1, -0.05) is 0 Å². The molecule has 1 aliphatic rings. The van der Waals surface area contributed by atoms with Gasteiger partial charge in [-0.15, -0.1) is 0 Å². The van der Waals surface area contributed by atoms with Crippen molar-refractivity contribution >= 4 is 39.1 Å². The summed E-state index contributed by atoms with van der Waals surface area (Å²) in [5, 5.41) is 15.8.